The van der Waals surface area contributed by atoms with Gasteiger partial charge in [-0.2, -0.15) is 9.03 Å². The van der Waals surface area contributed by atoms with Gasteiger partial charge in [-0.05, 0) is 27.7 Å². The molecule has 0 bridgehead atoms. The predicted octanol–water partition coefficient (Wildman–Crippen LogP) is 2.67. The molecule has 0 aliphatic heterocycles. The van der Waals surface area contributed by atoms with Crippen LogP contribution in [0.2, 0.25) is 0 Å². The van der Waals surface area contributed by atoms with Gasteiger partial charge in [-0.15, -0.1) is 30.6 Å². The van der Waals surface area contributed by atoms with Gasteiger partial charge in [0.1, 0.15) is 22.8 Å². The van der Waals surface area contributed by atoms with E-state index in [1.807, 2.05) is 74.5 Å². The first kappa shape index (κ1) is 24.8. The van der Waals surface area contributed by atoms with E-state index in [4.69, 9.17) is 10.2 Å². The maximum Gasteiger partial charge on any atom is 0.294 e. The number of H-pyrrole nitrogens is 2. The van der Waals surface area contributed by atoms with Crippen molar-refractivity contribution in [3.8, 4) is 0 Å². The van der Waals surface area contributed by atoms with Crippen molar-refractivity contribution < 1.29 is 0 Å². The monoisotopic (exact) mass is 532 g/mol. The molecule has 0 fully saturated rings. The van der Waals surface area contributed by atoms with E-state index in [0.717, 1.165) is 11.1 Å². The van der Waals surface area contributed by atoms with Crippen LogP contribution in [-0.4, -0.2) is 51.0 Å². The first-order chi connectivity index (χ1) is 19.3. The lowest BCUT2D eigenvalue weighted by atomic mass is 10.0. The largest absolute Gasteiger partial charge is 0.294 e. The van der Waals surface area contributed by atoms with E-state index in [1.54, 1.807) is 13.8 Å². The molecule has 198 valence electrons. The van der Waals surface area contributed by atoms with Crippen LogP contribution in [0.3, 0.4) is 0 Å². The summed E-state index contributed by atoms with van der Waals surface area (Å²) in [6.07, 6.45) is 0. The number of benzene rings is 2. The molecule has 12 nitrogen and oxygen atoms in total. The molecule has 0 atom stereocenters. The lowest BCUT2D eigenvalue weighted by Gasteiger charge is -2.08. The zero-order valence-electron chi connectivity index (χ0n) is 22.2. The van der Waals surface area contributed by atoms with E-state index in [-0.39, 0.29) is 22.5 Å². The third-order valence-corrected chi connectivity index (χ3v) is 6.61. The predicted molar refractivity (Wildman–Crippen MR) is 150 cm³/mol. The minimum absolute atomic E-state index is 0.272. The van der Waals surface area contributed by atoms with Crippen LogP contribution in [0, 0.1) is 27.7 Å². The highest BCUT2D eigenvalue weighted by atomic mass is 16.1. The molecule has 4 aromatic heterocycles. The third-order valence-electron chi connectivity index (χ3n) is 6.61. The number of rotatable bonds is 5. The van der Waals surface area contributed by atoms with Crippen molar-refractivity contribution in [3.63, 3.8) is 0 Å². The summed E-state index contributed by atoms with van der Waals surface area (Å²) in [4.78, 5) is 25.6. The fraction of sp³-hybridized carbons (Fsp3) is 0.143. The highest BCUT2D eigenvalue weighted by molar-refractivity contribution is 6.19. The fourth-order valence-electron chi connectivity index (χ4n) is 4.61. The summed E-state index contributed by atoms with van der Waals surface area (Å²) in [5, 5.41) is 32.4. The Balaban J connectivity index is 1.67. The Morgan fingerprint density at radius 2 is 0.975 bits per heavy atom. The van der Waals surface area contributed by atoms with E-state index in [1.165, 1.54) is 9.03 Å². The number of aryl methyl sites for hydroxylation is 4. The second-order valence-corrected chi connectivity index (χ2v) is 9.35. The minimum atomic E-state index is -0.297. The Bertz CT molecular complexity index is 1930. The average molecular weight is 533 g/mol. The number of aromatic amines is 2. The van der Waals surface area contributed by atoms with Gasteiger partial charge in [0.15, 0.2) is 11.3 Å². The topological polar surface area (TPSA) is 151 Å². The summed E-state index contributed by atoms with van der Waals surface area (Å²) in [7, 11) is 0. The van der Waals surface area contributed by atoms with Crippen LogP contribution < -0.4 is 11.1 Å². The zero-order valence-corrected chi connectivity index (χ0v) is 22.2. The van der Waals surface area contributed by atoms with Crippen LogP contribution in [-0.2, 0) is 0 Å². The van der Waals surface area contributed by atoms with Gasteiger partial charge in [0.2, 0.25) is 0 Å². The number of nitrogens with zero attached hydrogens (tertiary/aromatic N) is 8. The summed E-state index contributed by atoms with van der Waals surface area (Å²) in [6.45, 7) is 6.90. The van der Waals surface area contributed by atoms with Gasteiger partial charge in [0.05, 0.1) is 11.1 Å². The maximum absolute atomic E-state index is 12.8. The van der Waals surface area contributed by atoms with Gasteiger partial charge in [-0.3, -0.25) is 19.8 Å². The lowest BCUT2D eigenvalue weighted by Crippen LogP contribution is -2.20. The lowest BCUT2D eigenvalue weighted by molar-refractivity contribution is 0.817. The number of nitrogens with one attached hydrogen (secondary N) is 2. The highest BCUT2D eigenvalue weighted by Crippen LogP contribution is 2.21. The Hall–Kier alpha value is -5.52. The van der Waals surface area contributed by atoms with Crippen molar-refractivity contribution in [1.82, 2.24) is 39.6 Å². The molecule has 6 aromatic rings. The molecule has 0 spiro atoms. The van der Waals surface area contributed by atoms with Gasteiger partial charge in [-0.1, -0.05) is 60.7 Å². The minimum Gasteiger partial charge on any atom is -0.293 e. The number of hydrogen-bond donors (Lipinski definition) is 2. The number of aromatic nitrogens is 8. The van der Waals surface area contributed by atoms with Crippen LogP contribution in [0.25, 0.3) is 11.3 Å². The van der Waals surface area contributed by atoms with Crippen LogP contribution >= 0.6 is 0 Å². The Labute approximate surface area is 226 Å². The molecule has 0 aliphatic carbocycles. The number of hydrogen-bond acceptors (Lipinski definition) is 8. The second-order valence-electron chi connectivity index (χ2n) is 9.35. The Morgan fingerprint density at radius 3 is 1.35 bits per heavy atom. The van der Waals surface area contributed by atoms with Crippen molar-refractivity contribution in [1.29, 1.82) is 0 Å². The molecule has 0 saturated carbocycles. The molecule has 12 heteroatoms. The molecular weight excluding hydrogens is 508 g/mol. The summed E-state index contributed by atoms with van der Waals surface area (Å²) in [6, 6.07) is 19.0. The first-order valence-corrected chi connectivity index (χ1v) is 12.5. The quantitative estimate of drug-likeness (QED) is 0.257. The normalized spacial score (nSPS) is 12.5. The average Bonchev–Trinajstić information content (AvgIpc) is 3.48. The Kier molecular flexibility index (Phi) is 5.99. The van der Waals surface area contributed by atoms with Crippen molar-refractivity contribution in [2.24, 2.45) is 10.2 Å². The molecule has 0 unspecified atom stereocenters. The van der Waals surface area contributed by atoms with Crippen molar-refractivity contribution >= 4 is 22.7 Å². The highest BCUT2D eigenvalue weighted by Gasteiger charge is 2.22. The summed E-state index contributed by atoms with van der Waals surface area (Å²) < 4.78 is 2.73. The van der Waals surface area contributed by atoms with Crippen molar-refractivity contribution in [2.45, 2.75) is 27.7 Å². The van der Waals surface area contributed by atoms with Gasteiger partial charge >= 0.3 is 0 Å². The molecule has 0 aliphatic rings. The molecular formula is C28H24N10O2. The molecule has 0 amide bonds. The molecule has 2 N–H and O–H groups in total. The second kappa shape index (κ2) is 9.66. The van der Waals surface area contributed by atoms with Crippen molar-refractivity contribution in [3.05, 3.63) is 126 Å². The van der Waals surface area contributed by atoms with E-state index in [2.05, 4.69) is 30.6 Å². The van der Waals surface area contributed by atoms with Gasteiger partial charge in [0, 0.05) is 22.5 Å². The summed E-state index contributed by atoms with van der Waals surface area (Å²) in [5.74, 6) is 0. The van der Waals surface area contributed by atoms with Crippen LogP contribution in [0.5, 0.6) is 0 Å². The zero-order chi connectivity index (χ0) is 28.0. The van der Waals surface area contributed by atoms with E-state index in [0.29, 0.717) is 45.2 Å². The molecule has 4 heterocycles. The van der Waals surface area contributed by atoms with E-state index >= 15 is 0 Å². The molecule has 0 radical (unpaired) electrons. The fourth-order valence-corrected chi connectivity index (χ4v) is 4.61. The molecule has 6 rings (SSSR count). The van der Waals surface area contributed by atoms with Gasteiger partial charge in [-0.25, -0.2) is 0 Å². The standard InChI is InChI=1S/C28H24N10O2/c1-15-21(25-33-29-17(3)27(39)37(25)35-15)23(19-11-7-5-8-12-19)31-32-24(20-13-9-6-10-14-20)22-16(2)36-38-26(22)34-30-18(4)28(38)40/h5-14,35-36H,1-4H3. The van der Waals surface area contributed by atoms with Crippen LogP contribution in [0.4, 0.5) is 0 Å². The molecule has 40 heavy (non-hydrogen) atoms. The summed E-state index contributed by atoms with van der Waals surface area (Å²) >= 11 is 0. The van der Waals surface area contributed by atoms with Gasteiger partial charge in [0.25, 0.3) is 11.1 Å². The Morgan fingerprint density at radius 1 is 0.600 bits per heavy atom. The van der Waals surface area contributed by atoms with Crippen LogP contribution in [0.1, 0.15) is 45.0 Å². The smallest absolute Gasteiger partial charge is 0.293 e. The SMILES string of the molecule is Cc1[nH]n2c(=O)c(C)nnc2c1C(=NN=C(c1ccccc1)c1c(C)[nH]n2c(=O)c(C)nnc12)c1ccccc1. The number of fused-ring (bicyclic) bond motifs is 2. The van der Waals surface area contributed by atoms with E-state index < -0.39 is 0 Å². The molecule has 0 saturated heterocycles. The maximum atomic E-state index is 12.8. The van der Waals surface area contributed by atoms with E-state index in [9.17, 15) is 9.59 Å². The molecule has 2 aromatic carbocycles. The summed E-state index contributed by atoms with van der Waals surface area (Å²) in [5.41, 5.74) is 5.65. The first-order valence-electron chi connectivity index (χ1n) is 12.5. The van der Waals surface area contributed by atoms with Crippen LogP contribution in [0.15, 0.2) is 80.5 Å². The van der Waals surface area contributed by atoms with Crippen molar-refractivity contribution in [2.75, 3.05) is 0 Å². The third kappa shape index (κ3) is 4.02. The van der Waals surface area contributed by atoms with Gasteiger partial charge < -0.3 is 0 Å².